The Morgan fingerprint density at radius 2 is 2.29 bits per heavy atom. The number of hydrogen-bond acceptors (Lipinski definition) is 4. The fourth-order valence-corrected chi connectivity index (χ4v) is 1.89. The molecule has 2 aliphatic rings. The highest BCUT2D eigenvalue weighted by atomic mass is 16.8. The molecular formula is C9H15NO4. The molecule has 0 aromatic rings. The van der Waals surface area contributed by atoms with Crippen molar-refractivity contribution in [2.75, 3.05) is 6.54 Å². The van der Waals surface area contributed by atoms with Crippen LogP contribution in [0.5, 0.6) is 0 Å². The maximum atomic E-state index is 10.1. The molecule has 2 rings (SSSR count). The van der Waals surface area contributed by atoms with Crippen molar-refractivity contribution < 1.29 is 19.0 Å². The minimum absolute atomic E-state index is 0.00320. The van der Waals surface area contributed by atoms with E-state index in [2.05, 4.69) is 5.32 Å². The Labute approximate surface area is 82.7 Å². The topological polar surface area (TPSA) is 56.8 Å². The lowest BCUT2D eigenvalue weighted by molar-refractivity contribution is -0.204. The van der Waals surface area contributed by atoms with Gasteiger partial charge >= 0.3 is 0 Å². The first-order chi connectivity index (χ1) is 6.61. The van der Waals surface area contributed by atoms with Crippen molar-refractivity contribution in [1.29, 1.82) is 0 Å². The van der Waals surface area contributed by atoms with E-state index in [9.17, 15) is 4.79 Å². The Morgan fingerprint density at radius 1 is 1.50 bits per heavy atom. The van der Waals surface area contributed by atoms with Crippen LogP contribution in [0.3, 0.4) is 0 Å². The van der Waals surface area contributed by atoms with E-state index < -0.39 is 5.79 Å². The third-order valence-electron chi connectivity index (χ3n) is 2.39. The van der Waals surface area contributed by atoms with Gasteiger partial charge in [-0.05, 0) is 13.8 Å². The highest BCUT2D eigenvalue weighted by molar-refractivity contribution is 5.45. The van der Waals surface area contributed by atoms with Crippen LogP contribution >= 0.6 is 0 Å². The molecule has 14 heavy (non-hydrogen) atoms. The lowest BCUT2D eigenvalue weighted by Gasteiger charge is -2.20. The highest BCUT2D eigenvalue weighted by Crippen LogP contribution is 2.36. The Bertz CT molecular complexity index is 215. The number of ether oxygens (including phenoxy) is 3. The van der Waals surface area contributed by atoms with E-state index in [-0.39, 0.29) is 18.5 Å². The molecule has 0 aliphatic carbocycles. The van der Waals surface area contributed by atoms with Gasteiger partial charge in [0.05, 0.1) is 6.10 Å². The van der Waals surface area contributed by atoms with Gasteiger partial charge in [0, 0.05) is 13.0 Å². The maximum absolute atomic E-state index is 10.1. The molecule has 0 aromatic carbocycles. The number of carbonyl (C=O) groups excluding carboxylic acids is 1. The zero-order chi connectivity index (χ0) is 10.2. The number of fused-ring (bicyclic) bond motifs is 1. The average molecular weight is 201 g/mol. The van der Waals surface area contributed by atoms with Gasteiger partial charge in [-0.2, -0.15) is 0 Å². The van der Waals surface area contributed by atoms with Crippen LogP contribution in [0.15, 0.2) is 0 Å². The summed E-state index contributed by atoms with van der Waals surface area (Å²) in [6, 6.07) is 0. The minimum atomic E-state index is -0.543. The zero-order valence-electron chi connectivity index (χ0n) is 8.36. The Balaban J connectivity index is 1.84. The van der Waals surface area contributed by atoms with E-state index in [0.29, 0.717) is 13.0 Å². The van der Waals surface area contributed by atoms with Crippen LogP contribution in [0, 0.1) is 0 Å². The van der Waals surface area contributed by atoms with E-state index in [4.69, 9.17) is 14.2 Å². The predicted octanol–water partition coefficient (Wildman–Crippen LogP) is -0.00110. The van der Waals surface area contributed by atoms with Crippen molar-refractivity contribution in [3.63, 3.8) is 0 Å². The molecule has 2 fully saturated rings. The minimum Gasteiger partial charge on any atom is -0.356 e. The quantitative estimate of drug-likeness (QED) is 0.653. The first kappa shape index (κ1) is 9.89. The first-order valence-corrected chi connectivity index (χ1v) is 4.79. The Hall–Kier alpha value is -0.650. The molecule has 2 aliphatic heterocycles. The highest BCUT2D eigenvalue weighted by Gasteiger charge is 2.48. The summed E-state index contributed by atoms with van der Waals surface area (Å²) in [6.07, 6.45) is 1.18. The molecule has 5 nitrogen and oxygen atoms in total. The van der Waals surface area contributed by atoms with Crippen LogP contribution in [0.25, 0.3) is 0 Å². The van der Waals surface area contributed by atoms with Gasteiger partial charge in [-0.25, -0.2) is 0 Å². The van der Waals surface area contributed by atoms with Gasteiger partial charge in [-0.3, -0.25) is 4.79 Å². The van der Waals surface area contributed by atoms with Crippen LogP contribution in [-0.4, -0.2) is 37.2 Å². The maximum Gasteiger partial charge on any atom is 0.207 e. The summed E-state index contributed by atoms with van der Waals surface area (Å²) >= 11 is 0. The number of hydrogen-bond donors (Lipinski definition) is 1. The lowest BCUT2D eigenvalue weighted by Crippen LogP contribution is -2.29. The third-order valence-corrected chi connectivity index (χ3v) is 2.39. The van der Waals surface area contributed by atoms with E-state index in [1.807, 2.05) is 13.8 Å². The van der Waals surface area contributed by atoms with Crippen molar-refractivity contribution >= 4 is 6.41 Å². The second-order valence-electron chi connectivity index (χ2n) is 4.06. The fourth-order valence-electron chi connectivity index (χ4n) is 1.89. The second kappa shape index (κ2) is 3.49. The largest absolute Gasteiger partial charge is 0.356 e. The molecule has 0 unspecified atom stereocenters. The van der Waals surface area contributed by atoms with Gasteiger partial charge in [0.25, 0.3) is 0 Å². The summed E-state index contributed by atoms with van der Waals surface area (Å²) in [7, 11) is 0. The predicted molar refractivity (Wildman–Crippen MR) is 47.4 cm³/mol. The molecule has 2 heterocycles. The van der Waals surface area contributed by atoms with E-state index in [0.717, 1.165) is 6.42 Å². The summed E-state index contributed by atoms with van der Waals surface area (Å²) in [5.74, 6) is -0.543. The van der Waals surface area contributed by atoms with Crippen LogP contribution in [0.4, 0.5) is 0 Å². The van der Waals surface area contributed by atoms with Gasteiger partial charge in [-0.1, -0.05) is 0 Å². The van der Waals surface area contributed by atoms with Gasteiger partial charge in [0.15, 0.2) is 12.1 Å². The fraction of sp³-hybridized carbons (Fsp3) is 0.889. The van der Waals surface area contributed by atoms with Gasteiger partial charge in [0.1, 0.15) is 6.10 Å². The van der Waals surface area contributed by atoms with Gasteiger partial charge < -0.3 is 19.5 Å². The Kier molecular flexibility index (Phi) is 2.47. The van der Waals surface area contributed by atoms with E-state index in [1.165, 1.54) is 0 Å². The van der Waals surface area contributed by atoms with Crippen molar-refractivity contribution in [3.8, 4) is 0 Å². The molecule has 0 bridgehead atoms. The summed E-state index contributed by atoms with van der Waals surface area (Å²) in [5.41, 5.74) is 0. The van der Waals surface area contributed by atoms with E-state index in [1.54, 1.807) is 0 Å². The molecule has 5 heteroatoms. The molecule has 2 saturated heterocycles. The first-order valence-electron chi connectivity index (χ1n) is 4.79. The van der Waals surface area contributed by atoms with Gasteiger partial charge in [0.2, 0.25) is 6.41 Å². The normalized spacial score (nSPS) is 39.4. The molecule has 0 radical (unpaired) electrons. The average Bonchev–Trinajstić information content (AvgIpc) is 2.53. The van der Waals surface area contributed by atoms with Gasteiger partial charge in [-0.15, -0.1) is 0 Å². The molecule has 0 aromatic heterocycles. The summed E-state index contributed by atoms with van der Waals surface area (Å²) in [6.45, 7) is 4.25. The monoisotopic (exact) mass is 201 g/mol. The van der Waals surface area contributed by atoms with E-state index >= 15 is 0 Å². The molecule has 1 amide bonds. The molecule has 1 N–H and O–H groups in total. The SMILES string of the molecule is CC1(C)O[C@H]2O[C@H](CNC=O)C[C@H]2O1. The molecule has 3 atom stereocenters. The Morgan fingerprint density at radius 3 is 2.93 bits per heavy atom. The second-order valence-corrected chi connectivity index (χ2v) is 4.06. The van der Waals surface area contributed by atoms with Crippen molar-refractivity contribution in [2.45, 2.75) is 44.6 Å². The molecule has 0 saturated carbocycles. The summed E-state index contributed by atoms with van der Waals surface area (Å²) < 4.78 is 16.7. The van der Waals surface area contributed by atoms with Crippen LogP contribution in [0.1, 0.15) is 20.3 Å². The van der Waals surface area contributed by atoms with Crippen LogP contribution < -0.4 is 5.32 Å². The molecular weight excluding hydrogens is 186 g/mol. The number of carbonyl (C=O) groups is 1. The lowest BCUT2D eigenvalue weighted by atomic mass is 10.2. The summed E-state index contributed by atoms with van der Waals surface area (Å²) in [4.78, 5) is 10.1. The van der Waals surface area contributed by atoms with Crippen LogP contribution in [-0.2, 0) is 19.0 Å². The third kappa shape index (κ3) is 1.89. The van der Waals surface area contributed by atoms with Crippen molar-refractivity contribution in [2.24, 2.45) is 0 Å². The standard InChI is InChI=1S/C9H15NO4/c1-9(2)13-7-3-6(4-10-5-11)12-8(7)14-9/h5-8H,3-4H2,1-2H3,(H,10,11)/t6-,7+,8+/m0/s1. The molecule has 0 spiro atoms. The summed E-state index contributed by atoms with van der Waals surface area (Å²) in [5, 5.41) is 2.58. The number of rotatable bonds is 3. The number of nitrogens with one attached hydrogen (secondary N) is 1. The van der Waals surface area contributed by atoms with Crippen molar-refractivity contribution in [3.05, 3.63) is 0 Å². The number of amides is 1. The zero-order valence-corrected chi connectivity index (χ0v) is 8.36. The molecule has 80 valence electrons. The van der Waals surface area contributed by atoms with Crippen molar-refractivity contribution in [1.82, 2.24) is 5.32 Å². The smallest absolute Gasteiger partial charge is 0.207 e. The van der Waals surface area contributed by atoms with Crippen LogP contribution in [0.2, 0.25) is 0 Å².